The lowest BCUT2D eigenvalue weighted by atomic mass is 10.0. The number of nitrogens with zero attached hydrogens (tertiary/aromatic N) is 4. The monoisotopic (exact) mass is 774 g/mol. The van der Waals surface area contributed by atoms with Crippen molar-refractivity contribution in [2.24, 2.45) is 0 Å². The van der Waals surface area contributed by atoms with Crippen LogP contribution in [0.3, 0.4) is 0 Å². The Bertz CT molecular complexity index is 2580. The van der Waals surface area contributed by atoms with Gasteiger partial charge in [0.2, 0.25) is 0 Å². The van der Waals surface area contributed by atoms with Crippen LogP contribution in [-0.2, 0) is 9.59 Å². The molecule has 0 radical (unpaired) electrons. The van der Waals surface area contributed by atoms with E-state index in [0.29, 0.717) is 33.9 Å². The number of amides is 2. The molecule has 0 bridgehead atoms. The van der Waals surface area contributed by atoms with Crippen LogP contribution in [0.15, 0.2) is 242 Å². The maximum atomic E-state index is 15.2. The number of para-hydroxylation sites is 6. The van der Waals surface area contributed by atoms with Gasteiger partial charge in [0, 0.05) is 45.5 Å². The zero-order chi connectivity index (χ0) is 40.4. The van der Waals surface area contributed by atoms with Crippen molar-refractivity contribution in [3.63, 3.8) is 0 Å². The third kappa shape index (κ3) is 6.42. The van der Waals surface area contributed by atoms with Crippen LogP contribution >= 0.6 is 0 Å². The van der Waals surface area contributed by atoms with Gasteiger partial charge in [0.15, 0.2) is 0 Å². The molecule has 0 aliphatic carbocycles. The fourth-order valence-corrected chi connectivity index (χ4v) is 8.24. The van der Waals surface area contributed by atoms with Crippen molar-refractivity contribution in [1.82, 2.24) is 0 Å². The fraction of sp³-hybridized carbons (Fsp3) is 0. The van der Waals surface area contributed by atoms with Crippen molar-refractivity contribution < 1.29 is 9.59 Å². The van der Waals surface area contributed by atoms with Crippen molar-refractivity contribution in [3.05, 3.63) is 253 Å². The summed E-state index contributed by atoms with van der Waals surface area (Å²) in [7, 11) is 0. The van der Waals surface area contributed by atoms with Gasteiger partial charge < -0.3 is 9.80 Å². The average molecular weight is 775 g/mol. The van der Waals surface area contributed by atoms with Gasteiger partial charge in [-0.1, -0.05) is 133 Å². The highest BCUT2D eigenvalue weighted by molar-refractivity contribution is 6.41. The van der Waals surface area contributed by atoms with Crippen LogP contribution in [-0.4, -0.2) is 11.8 Å². The van der Waals surface area contributed by atoms with Crippen molar-refractivity contribution in [1.29, 1.82) is 0 Å². The first-order chi connectivity index (χ1) is 29.7. The van der Waals surface area contributed by atoms with E-state index >= 15 is 9.59 Å². The van der Waals surface area contributed by atoms with E-state index in [9.17, 15) is 0 Å². The molecular formula is C54H38N4O2. The zero-order valence-electron chi connectivity index (χ0n) is 32.5. The predicted molar refractivity (Wildman–Crippen MR) is 244 cm³/mol. The molecule has 2 aliphatic heterocycles. The van der Waals surface area contributed by atoms with Crippen LogP contribution in [0.1, 0.15) is 11.1 Å². The maximum absolute atomic E-state index is 15.2. The molecule has 2 heterocycles. The first-order valence-corrected chi connectivity index (χ1v) is 19.9. The van der Waals surface area contributed by atoms with Crippen molar-refractivity contribution >= 4 is 68.7 Å². The molecule has 8 aromatic rings. The topological polar surface area (TPSA) is 47.1 Å². The third-order valence-corrected chi connectivity index (χ3v) is 10.9. The molecule has 8 aromatic carbocycles. The van der Waals surface area contributed by atoms with E-state index in [4.69, 9.17) is 0 Å². The fourth-order valence-electron chi connectivity index (χ4n) is 8.24. The number of carbonyl (C=O) groups is 2. The van der Waals surface area contributed by atoms with E-state index in [-0.39, 0.29) is 11.8 Å². The Morgan fingerprint density at radius 3 is 0.767 bits per heavy atom. The summed E-state index contributed by atoms with van der Waals surface area (Å²) in [6.45, 7) is 0. The standard InChI is InChI=1S/C54H38N4O2/c59-53-49-50(52(58(53)46-29-17-6-18-30-46)40-33-37-48(38-34-40)56(43-23-11-3-12-24-43)44-25-13-4-14-26-44)54(60)57(45-27-15-5-16-28-45)51(49)39-31-35-47(36-32-39)55(41-19-7-1-8-20-41)42-21-9-2-10-22-42/h1-38H. The minimum Gasteiger partial charge on any atom is -0.311 e. The van der Waals surface area contributed by atoms with Gasteiger partial charge in [-0.15, -0.1) is 0 Å². The molecule has 2 aliphatic rings. The lowest BCUT2D eigenvalue weighted by Crippen LogP contribution is -2.29. The molecule has 0 N–H and O–H groups in total. The number of fused-ring (bicyclic) bond motifs is 1. The molecule has 0 saturated carbocycles. The van der Waals surface area contributed by atoms with Crippen LogP contribution < -0.4 is 19.6 Å². The van der Waals surface area contributed by atoms with Gasteiger partial charge in [0.25, 0.3) is 11.8 Å². The van der Waals surface area contributed by atoms with Crippen LogP contribution in [0, 0.1) is 0 Å². The zero-order valence-corrected chi connectivity index (χ0v) is 32.5. The molecule has 0 atom stereocenters. The molecule has 0 saturated heterocycles. The Morgan fingerprint density at radius 2 is 0.500 bits per heavy atom. The molecule has 10 rings (SSSR count). The first-order valence-electron chi connectivity index (χ1n) is 19.9. The lowest BCUT2D eigenvalue weighted by Gasteiger charge is -2.27. The molecule has 60 heavy (non-hydrogen) atoms. The van der Waals surface area contributed by atoms with Crippen LogP contribution in [0.5, 0.6) is 0 Å². The quantitative estimate of drug-likeness (QED) is 0.139. The van der Waals surface area contributed by atoms with E-state index in [1.165, 1.54) is 0 Å². The summed E-state index contributed by atoms with van der Waals surface area (Å²) in [5.74, 6) is -0.516. The maximum Gasteiger partial charge on any atom is 0.265 e. The summed E-state index contributed by atoms with van der Waals surface area (Å²) in [5.41, 5.74) is 10.7. The highest BCUT2D eigenvalue weighted by Gasteiger charge is 2.50. The summed E-state index contributed by atoms with van der Waals surface area (Å²) in [5, 5.41) is 0. The molecule has 0 spiro atoms. The van der Waals surface area contributed by atoms with Crippen LogP contribution in [0.25, 0.3) is 11.4 Å². The number of carbonyl (C=O) groups excluding carboxylic acids is 2. The molecule has 286 valence electrons. The van der Waals surface area contributed by atoms with Gasteiger partial charge in [-0.05, 0) is 108 Å². The van der Waals surface area contributed by atoms with E-state index in [1.807, 2.05) is 158 Å². The van der Waals surface area contributed by atoms with E-state index in [0.717, 1.165) is 45.3 Å². The number of hydrogen-bond acceptors (Lipinski definition) is 4. The number of benzene rings is 8. The second-order valence-electron chi connectivity index (χ2n) is 14.5. The molecule has 2 amide bonds. The summed E-state index contributed by atoms with van der Waals surface area (Å²) >= 11 is 0. The smallest absolute Gasteiger partial charge is 0.265 e. The van der Waals surface area contributed by atoms with E-state index in [2.05, 4.69) is 82.6 Å². The van der Waals surface area contributed by atoms with Gasteiger partial charge >= 0.3 is 0 Å². The van der Waals surface area contributed by atoms with Gasteiger partial charge in [-0.2, -0.15) is 0 Å². The second-order valence-corrected chi connectivity index (χ2v) is 14.5. The highest BCUT2D eigenvalue weighted by Crippen LogP contribution is 2.50. The molecule has 0 aromatic heterocycles. The summed E-state index contributed by atoms with van der Waals surface area (Å²) in [6.07, 6.45) is 0. The minimum atomic E-state index is -0.258. The number of anilines is 8. The molecule has 0 unspecified atom stereocenters. The Balaban J connectivity index is 1.14. The lowest BCUT2D eigenvalue weighted by molar-refractivity contribution is -0.115. The Morgan fingerprint density at radius 1 is 0.267 bits per heavy atom. The largest absolute Gasteiger partial charge is 0.311 e. The molecular weight excluding hydrogens is 737 g/mol. The van der Waals surface area contributed by atoms with Crippen molar-refractivity contribution in [2.75, 3.05) is 19.6 Å². The van der Waals surface area contributed by atoms with Gasteiger partial charge in [0.05, 0.1) is 22.5 Å². The Labute approximate surface area is 349 Å². The highest BCUT2D eigenvalue weighted by atomic mass is 16.2. The van der Waals surface area contributed by atoms with Crippen molar-refractivity contribution in [3.8, 4) is 0 Å². The average Bonchev–Trinajstić information content (AvgIpc) is 3.79. The summed E-state index contributed by atoms with van der Waals surface area (Å²) in [4.78, 5) is 38.2. The van der Waals surface area contributed by atoms with E-state index in [1.54, 1.807) is 9.80 Å². The van der Waals surface area contributed by atoms with Crippen LogP contribution in [0.2, 0.25) is 0 Å². The van der Waals surface area contributed by atoms with Gasteiger partial charge in [0.1, 0.15) is 0 Å². The van der Waals surface area contributed by atoms with Crippen LogP contribution in [0.4, 0.5) is 45.5 Å². The third-order valence-electron chi connectivity index (χ3n) is 10.9. The molecule has 0 fully saturated rings. The number of hydrogen-bond donors (Lipinski definition) is 0. The second kappa shape index (κ2) is 15.6. The van der Waals surface area contributed by atoms with Gasteiger partial charge in [-0.3, -0.25) is 19.4 Å². The normalized spacial score (nSPS) is 13.5. The van der Waals surface area contributed by atoms with Crippen molar-refractivity contribution in [2.45, 2.75) is 0 Å². The minimum absolute atomic E-state index is 0.258. The predicted octanol–water partition coefficient (Wildman–Crippen LogP) is 12.8. The SMILES string of the molecule is O=C1C2=C(c3ccc(N(c4ccccc4)c4ccccc4)cc3)N(c3ccccc3)C(=O)C2=C(c2ccc(N(c3ccccc3)c3ccccc3)cc2)N1c1ccccc1. The summed E-state index contributed by atoms with van der Waals surface area (Å²) < 4.78 is 0. The first kappa shape index (κ1) is 36.1. The Hall–Kier alpha value is -8.22. The summed E-state index contributed by atoms with van der Waals surface area (Å²) in [6, 6.07) is 76.3. The van der Waals surface area contributed by atoms with E-state index < -0.39 is 0 Å². The molecule has 6 nitrogen and oxygen atoms in total. The number of rotatable bonds is 10. The Kier molecular flexibility index (Phi) is 9.40. The van der Waals surface area contributed by atoms with Gasteiger partial charge in [-0.25, -0.2) is 0 Å². The molecule has 6 heteroatoms.